The van der Waals surface area contributed by atoms with Crippen molar-refractivity contribution >= 4 is 5.91 Å². The molecule has 0 spiro atoms. The summed E-state index contributed by atoms with van der Waals surface area (Å²) in [6.45, 7) is 6.75. The predicted octanol–water partition coefficient (Wildman–Crippen LogP) is 2.69. The monoisotopic (exact) mass is 363 g/mol. The number of hydrogen-bond acceptors (Lipinski definition) is 4. The maximum absolute atomic E-state index is 13.3. The Labute approximate surface area is 155 Å². The number of nitrogens with one attached hydrogen (secondary N) is 3. The van der Waals surface area contributed by atoms with Crippen LogP contribution in [0.5, 0.6) is 0 Å². The highest BCUT2D eigenvalue weighted by atomic mass is 19.1. The topological polar surface area (TPSA) is 62.4 Å². The number of amides is 1. The van der Waals surface area contributed by atoms with Crippen molar-refractivity contribution in [3.8, 4) is 0 Å². The van der Waals surface area contributed by atoms with E-state index in [-0.39, 0.29) is 41.9 Å². The number of halogens is 1. The van der Waals surface area contributed by atoms with E-state index in [4.69, 9.17) is 4.74 Å². The standard InChI is InChI=1S/C20H30FN3O2/c1-12(2)8-17-9-16(23-13(3)25)10-19(26-17)18-11-22-24-20(18)14-4-6-15(21)7-5-14/h4-7,12,16-20,22,24H,8-11H2,1-3H3,(H,23,25)/t16-,17+,18?,19+,20?/m0/s1. The lowest BCUT2D eigenvalue weighted by molar-refractivity contribution is -0.124. The third-order valence-electron chi connectivity index (χ3n) is 5.30. The molecule has 5 atom stereocenters. The molecule has 0 aliphatic carbocycles. The second kappa shape index (κ2) is 8.46. The molecule has 3 N–H and O–H groups in total. The first-order valence-electron chi connectivity index (χ1n) is 9.58. The Morgan fingerprint density at radius 1 is 1.31 bits per heavy atom. The first-order chi connectivity index (χ1) is 12.4. The van der Waals surface area contributed by atoms with Gasteiger partial charge < -0.3 is 10.1 Å². The zero-order valence-electron chi connectivity index (χ0n) is 15.8. The van der Waals surface area contributed by atoms with E-state index in [9.17, 15) is 9.18 Å². The third-order valence-corrected chi connectivity index (χ3v) is 5.30. The number of rotatable bonds is 5. The lowest BCUT2D eigenvalue weighted by atomic mass is 9.83. The zero-order valence-corrected chi connectivity index (χ0v) is 15.8. The molecule has 2 saturated heterocycles. The Kier molecular flexibility index (Phi) is 6.27. The molecule has 2 unspecified atom stereocenters. The molecule has 0 bridgehead atoms. The molecule has 2 aliphatic heterocycles. The highest BCUT2D eigenvalue weighted by molar-refractivity contribution is 5.73. The molecule has 3 rings (SSSR count). The molecule has 0 radical (unpaired) electrons. The number of hydrazine groups is 1. The van der Waals surface area contributed by atoms with Gasteiger partial charge in [-0.1, -0.05) is 26.0 Å². The molecule has 2 aliphatic rings. The lowest BCUT2D eigenvalue weighted by Crippen LogP contribution is -2.48. The van der Waals surface area contributed by atoms with Gasteiger partial charge in [-0.3, -0.25) is 10.2 Å². The molecular weight excluding hydrogens is 333 g/mol. The van der Waals surface area contributed by atoms with Gasteiger partial charge in [0, 0.05) is 25.4 Å². The number of carbonyl (C=O) groups is 1. The molecular formula is C20H30FN3O2. The first kappa shape index (κ1) is 19.3. The van der Waals surface area contributed by atoms with Crippen molar-refractivity contribution in [2.24, 2.45) is 11.8 Å². The lowest BCUT2D eigenvalue weighted by Gasteiger charge is -2.40. The van der Waals surface area contributed by atoms with Gasteiger partial charge in [0.2, 0.25) is 5.91 Å². The molecule has 144 valence electrons. The van der Waals surface area contributed by atoms with Gasteiger partial charge in [0.15, 0.2) is 0 Å². The zero-order chi connectivity index (χ0) is 18.7. The molecule has 1 amide bonds. The summed E-state index contributed by atoms with van der Waals surface area (Å²) in [5.74, 6) is 0.556. The van der Waals surface area contributed by atoms with Crippen LogP contribution in [0.25, 0.3) is 0 Å². The molecule has 0 saturated carbocycles. The molecule has 2 heterocycles. The van der Waals surface area contributed by atoms with Crippen LogP contribution in [0.3, 0.4) is 0 Å². The van der Waals surface area contributed by atoms with E-state index in [1.165, 1.54) is 12.1 Å². The Hall–Kier alpha value is -1.50. The highest BCUT2D eigenvalue weighted by Gasteiger charge is 2.40. The summed E-state index contributed by atoms with van der Waals surface area (Å²) < 4.78 is 19.7. The van der Waals surface area contributed by atoms with E-state index in [2.05, 4.69) is 30.0 Å². The minimum absolute atomic E-state index is 0.0108. The number of carbonyl (C=O) groups excluding carboxylic acids is 1. The Morgan fingerprint density at radius 2 is 2.04 bits per heavy atom. The second-order valence-electron chi connectivity index (χ2n) is 8.01. The van der Waals surface area contributed by atoms with Crippen LogP contribution in [0.15, 0.2) is 24.3 Å². The molecule has 26 heavy (non-hydrogen) atoms. The minimum Gasteiger partial charge on any atom is -0.374 e. The van der Waals surface area contributed by atoms with Crippen molar-refractivity contribution in [2.45, 2.75) is 64.3 Å². The van der Waals surface area contributed by atoms with Crippen LogP contribution in [0, 0.1) is 17.7 Å². The minimum atomic E-state index is -0.229. The van der Waals surface area contributed by atoms with Gasteiger partial charge >= 0.3 is 0 Å². The Morgan fingerprint density at radius 3 is 2.69 bits per heavy atom. The van der Waals surface area contributed by atoms with E-state index < -0.39 is 0 Å². The summed E-state index contributed by atoms with van der Waals surface area (Å²) >= 11 is 0. The van der Waals surface area contributed by atoms with Crippen LogP contribution in [0.1, 0.15) is 51.6 Å². The van der Waals surface area contributed by atoms with Gasteiger partial charge in [-0.05, 0) is 42.9 Å². The normalized spacial score (nSPS) is 32.0. The predicted molar refractivity (Wildman–Crippen MR) is 98.7 cm³/mol. The summed E-state index contributed by atoms with van der Waals surface area (Å²) in [6.07, 6.45) is 2.85. The largest absolute Gasteiger partial charge is 0.374 e. The Bertz CT molecular complexity index is 608. The Balaban J connectivity index is 1.75. The summed E-state index contributed by atoms with van der Waals surface area (Å²) in [4.78, 5) is 11.6. The molecule has 0 aromatic heterocycles. The number of ether oxygens (including phenoxy) is 1. The summed E-state index contributed by atoms with van der Waals surface area (Å²) in [6, 6.07) is 6.85. The van der Waals surface area contributed by atoms with Gasteiger partial charge in [-0.15, -0.1) is 0 Å². The first-order valence-corrected chi connectivity index (χ1v) is 9.58. The van der Waals surface area contributed by atoms with Crippen LogP contribution in [0.2, 0.25) is 0 Å². The van der Waals surface area contributed by atoms with Gasteiger partial charge in [-0.2, -0.15) is 0 Å². The van der Waals surface area contributed by atoms with Crippen molar-refractivity contribution in [3.05, 3.63) is 35.6 Å². The average Bonchev–Trinajstić information content (AvgIpc) is 3.03. The third kappa shape index (κ3) is 4.81. The smallest absolute Gasteiger partial charge is 0.217 e. The van der Waals surface area contributed by atoms with Gasteiger partial charge in [0.25, 0.3) is 0 Å². The van der Waals surface area contributed by atoms with Crippen molar-refractivity contribution in [1.29, 1.82) is 0 Å². The van der Waals surface area contributed by atoms with E-state index in [0.29, 0.717) is 5.92 Å². The van der Waals surface area contributed by atoms with E-state index >= 15 is 0 Å². The summed E-state index contributed by atoms with van der Waals surface area (Å²) in [7, 11) is 0. The SMILES string of the molecule is CC(=O)N[C@H]1C[C@@H](CC(C)C)O[C@@H](C2CNNC2c2ccc(F)cc2)C1. The van der Waals surface area contributed by atoms with Crippen LogP contribution < -0.4 is 16.2 Å². The molecule has 1 aromatic rings. The van der Waals surface area contributed by atoms with Gasteiger partial charge in [0.1, 0.15) is 5.82 Å². The van der Waals surface area contributed by atoms with E-state index in [0.717, 1.165) is 31.4 Å². The highest BCUT2D eigenvalue weighted by Crippen LogP contribution is 2.35. The van der Waals surface area contributed by atoms with Gasteiger partial charge in [0.05, 0.1) is 18.2 Å². The second-order valence-corrected chi connectivity index (χ2v) is 8.01. The van der Waals surface area contributed by atoms with Crippen molar-refractivity contribution in [3.63, 3.8) is 0 Å². The molecule has 2 fully saturated rings. The summed E-state index contributed by atoms with van der Waals surface area (Å²) in [5, 5.41) is 3.09. The van der Waals surface area contributed by atoms with Crippen molar-refractivity contribution in [1.82, 2.24) is 16.2 Å². The maximum atomic E-state index is 13.3. The molecule has 6 heteroatoms. The molecule has 5 nitrogen and oxygen atoms in total. The quantitative estimate of drug-likeness (QED) is 0.753. The van der Waals surface area contributed by atoms with Crippen LogP contribution in [0.4, 0.5) is 4.39 Å². The van der Waals surface area contributed by atoms with Crippen LogP contribution in [-0.4, -0.2) is 30.7 Å². The van der Waals surface area contributed by atoms with E-state index in [1.54, 1.807) is 6.92 Å². The molecule has 1 aromatic carbocycles. The van der Waals surface area contributed by atoms with Gasteiger partial charge in [-0.25, -0.2) is 9.82 Å². The van der Waals surface area contributed by atoms with Crippen LogP contribution >= 0.6 is 0 Å². The number of hydrogen-bond donors (Lipinski definition) is 3. The van der Waals surface area contributed by atoms with Crippen molar-refractivity contribution < 1.29 is 13.9 Å². The average molecular weight is 363 g/mol. The fourth-order valence-electron chi connectivity index (χ4n) is 4.27. The number of benzene rings is 1. The fourth-order valence-corrected chi connectivity index (χ4v) is 4.27. The fraction of sp³-hybridized carbons (Fsp3) is 0.650. The van der Waals surface area contributed by atoms with E-state index in [1.807, 2.05) is 12.1 Å². The summed E-state index contributed by atoms with van der Waals surface area (Å²) in [5.41, 5.74) is 7.59. The van der Waals surface area contributed by atoms with Crippen LogP contribution in [-0.2, 0) is 9.53 Å². The van der Waals surface area contributed by atoms with Crippen molar-refractivity contribution in [2.75, 3.05) is 6.54 Å². The maximum Gasteiger partial charge on any atom is 0.217 e.